The Morgan fingerprint density at radius 2 is 1.83 bits per heavy atom. The maximum absolute atomic E-state index is 2.38. The van der Waals surface area contributed by atoms with Crippen molar-refractivity contribution in [3.63, 3.8) is 0 Å². The van der Waals surface area contributed by atoms with Crippen LogP contribution < -0.4 is 5.30 Å². The van der Waals surface area contributed by atoms with Crippen molar-refractivity contribution in [1.82, 2.24) is 0 Å². The molecule has 0 fully saturated rings. The third-order valence-corrected chi connectivity index (χ3v) is 4.21. The van der Waals surface area contributed by atoms with Crippen molar-refractivity contribution < 1.29 is 0 Å². The van der Waals surface area contributed by atoms with Crippen LogP contribution in [0.25, 0.3) is 0 Å². The Morgan fingerprint density at radius 1 is 1.17 bits per heavy atom. The number of rotatable bonds is 4. The molecule has 0 aliphatic rings. The van der Waals surface area contributed by atoms with Gasteiger partial charge in [-0.05, 0) is 24.6 Å². The lowest BCUT2D eigenvalue weighted by Gasteiger charge is -2.10. The third-order valence-electron chi connectivity index (χ3n) is 2.04. The van der Waals surface area contributed by atoms with Crippen LogP contribution in [0.1, 0.15) is 19.8 Å². The Labute approximate surface area is 76.8 Å². The summed E-state index contributed by atoms with van der Waals surface area (Å²) in [5.41, 5.74) is 0. The number of hydrogen-bond donors (Lipinski definition) is 0. The van der Waals surface area contributed by atoms with Gasteiger partial charge >= 0.3 is 0 Å². The third kappa shape index (κ3) is 2.95. The van der Waals surface area contributed by atoms with Crippen LogP contribution in [-0.2, 0) is 0 Å². The van der Waals surface area contributed by atoms with Crippen LogP contribution in [0.15, 0.2) is 30.3 Å². The molecule has 0 saturated carbocycles. The van der Waals surface area contributed by atoms with E-state index in [-0.39, 0.29) is 7.92 Å². The summed E-state index contributed by atoms with van der Waals surface area (Å²) in [4.78, 5) is 0. The van der Waals surface area contributed by atoms with E-state index in [4.69, 9.17) is 0 Å². The fraction of sp³-hybridized carbons (Fsp3) is 0.455. The van der Waals surface area contributed by atoms with E-state index in [0.29, 0.717) is 0 Å². The molecule has 1 atom stereocenters. The van der Waals surface area contributed by atoms with Crippen molar-refractivity contribution in [3.8, 4) is 0 Å². The predicted molar refractivity (Wildman–Crippen MR) is 58.7 cm³/mol. The van der Waals surface area contributed by atoms with E-state index in [1.165, 1.54) is 19.0 Å². The maximum Gasteiger partial charge on any atom is -0.0243 e. The minimum Gasteiger partial charge on any atom is -0.0785 e. The molecular weight excluding hydrogens is 163 g/mol. The standard InChI is InChI=1S/C11H17P/c1-3-4-10-12(2)11-8-6-5-7-9-11/h5-9H,3-4,10H2,1-2H3. The molecule has 0 saturated heterocycles. The maximum atomic E-state index is 2.38. The van der Waals surface area contributed by atoms with Crippen LogP contribution in [0.5, 0.6) is 0 Å². The monoisotopic (exact) mass is 180 g/mol. The Bertz CT molecular complexity index is 206. The molecule has 0 radical (unpaired) electrons. The van der Waals surface area contributed by atoms with Gasteiger partial charge in [0.2, 0.25) is 0 Å². The molecular formula is C11H17P. The summed E-state index contributed by atoms with van der Waals surface area (Å²) in [7, 11) is 0.118. The van der Waals surface area contributed by atoms with E-state index in [1.807, 2.05) is 0 Å². The molecule has 66 valence electrons. The van der Waals surface area contributed by atoms with Gasteiger partial charge in [0.15, 0.2) is 0 Å². The highest BCUT2D eigenvalue weighted by molar-refractivity contribution is 7.64. The van der Waals surface area contributed by atoms with Gasteiger partial charge in [-0.25, -0.2) is 0 Å². The van der Waals surface area contributed by atoms with E-state index in [9.17, 15) is 0 Å². The first-order valence-electron chi connectivity index (χ1n) is 4.60. The smallest absolute Gasteiger partial charge is 0.0243 e. The van der Waals surface area contributed by atoms with Gasteiger partial charge in [0.25, 0.3) is 0 Å². The minimum atomic E-state index is 0.118. The van der Waals surface area contributed by atoms with Crippen LogP contribution in [0, 0.1) is 0 Å². The first kappa shape index (κ1) is 9.74. The minimum absolute atomic E-state index is 0.118. The molecule has 0 aliphatic carbocycles. The predicted octanol–water partition coefficient (Wildman–Crippen LogP) is 3.22. The van der Waals surface area contributed by atoms with Gasteiger partial charge in [0, 0.05) is 0 Å². The molecule has 1 rings (SSSR count). The van der Waals surface area contributed by atoms with E-state index >= 15 is 0 Å². The molecule has 0 N–H and O–H groups in total. The van der Waals surface area contributed by atoms with Gasteiger partial charge in [0.1, 0.15) is 0 Å². The average Bonchev–Trinajstić information content (AvgIpc) is 2.15. The normalized spacial score (nSPS) is 12.8. The molecule has 1 aromatic rings. The van der Waals surface area contributed by atoms with Gasteiger partial charge in [-0.15, -0.1) is 0 Å². The lowest BCUT2D eigenvalue weighted by Crippen LogP contribution is -2.00. The molecule has 1 aromatic carbocycles. The second kappa shape index (κ2) is 5.32. The molecule has 0 spiro atoms. The lowest BCUT2D eigenvalue weighted by molar-refractivity contribution is 0.893. The Kier molecular flexibility index (Phi) is 4.32. The zero-order valence-electron chi connectivity index (χ0n) is 7.96. The van der Waals surface area contributed by atoms with Gasteiger partial charge in [-0.1, -0.05) is 51.6 Å². The summed E-state index contributed by atoms with van der Waals surface area (Å²) in [6, 6.07) is 10.9. The topological polar surface area (TPSA) is 0 Å². The van der Waals surface area contributed by atoms with Gasteiger partial charge in [-0.3, -0.25) is 0 Å². The Morgan fingerprint density at radius 3 is 2.42 bits per heavy atom. The van der Waals surface area contributed by atoms with Crippen LogP contribution in [-0.4, -0.2) is 12.8 Å². The van der Waals surface area contributed by atoms with Crippen molar-refractivity contribution >= 4 is 13.2 Å². The van der Waals surface area contributed by atoms with Crippen molar-refractivity contribution in [1.29, 1.82) is 0 Å². The highest BCUT2D eigenvalue weighted by Crippen LogP contribution is 2.30. The average molecular weight is 180 g/mol. The zero-order chi connectivity index (χ0) is 8.81. The molecule has 0 bridgehead atoms. The molecule has 0 nitrogen and oxygen atoms in total. The summed E-state index contributed by atoms with van der Waals surface area (Å²) in [6.07, 6.45) is 4.08. The fourth-order valence-corrected chi connectivity index (χ4v) is 2.94. The first-order chi connectivity index (χ1) is 5.84. The highest BCUT2D eigenvalue weighted by atomic mass is 31.1. The number of hydrogen-bond acceptors (Lipinski definition) is 0. The molecule has 0 aromatic heterocycles. The van der Waals surface area contributed by atoms with Crippen molar-refractivity contribution in [2.75, 3.05) is 12.8 Å². The van der Waals surface area contributed by atoms with E-state index < -0.39 is 0 Å². The molecule has 1 heteroatoms. The Hall–Kier alpha value is -0.350. The number of benzene rings is 1. The SMILES string of the molecule is CCCCP(C)c1ccccc1. The summed E-state index contributed by atoms with van der Waals surface area (Å²) >= 11 is 0. The number of unbranched alkanes of at least 4 members (excludes halogenated alkanes) is 1. The van der Waals surface area contributed by atoms with Crippen molar-refractivity contribution in [2.45, 2.75) is 19.8 Å². The van der Waals surface area contributed by atoms with Gasteiger partial charge < -0.3 is 0 Å². The van der Waals surface area contributed by atoms with Gasteiger partial charge in [0.05, 0.1) is 0 Å². The van der Waals surface area contributed by atoms with E-state index in [1.54, 1.807) is 5.30 Å². The second-order valence-corrected chi connectivity index (χ2v) is 5.47. The van der Waals surface area contributed by atoms with Crippen LogP contribution in [0.3, 0.4) is 0 Å². The quantitative estimate of drug-likeness (QED) is 0.624. The Balaban J connectivity index is 2.48. The van der Waals surface area contributed by atoms with Crippen molar-refractivity contribution in [2.24, 2.45) is 0 Å². The van der Waals surface area contributed by atoms with Crippen LogP contribution >= 0.6 is 7.92 Å². The lowest BCUT2D eigenvalue weighted by atomic mass is 10.4. The summed E-state index contributed by atoms with van der Waals surface area (Å²) in [5, 5.41) is 1.54. The molecule has 0 heterocycles. The largest absolute Gasteiger partial charge is 0.0785 e. The van der Waals surface area contributed by atoms with E-state index in [2.05, 4.69) is 43.9 Å². The fourth-order valence-electron chi connectivity index (χ4n) is 1.21. The highest BCUT2D eigenvalue weighted by Gasteiger charge is 2.01. The second-order valence-electron chi connectivity index (χ2n) is 3.11. The summed E-state index contributed by atoms with van der Waals surface area (Å²) < 4.78 is 0. The molecule has 12 heavy (non-hydrogen) atoms. The molecule has 0 amide bonds. The summed E-state index contributed by atoms with van der Waals surface area (Å²) in [5.74, 6) is 0. The van der Waals surface area contributed by atoms with Crippen LogP contribution in [0.2, 0.25) is 0 Å². The zero-order valence-corrected chi connectivity index (χ0v) is 8.85. The first-order valence-corrected chi connectivity index (χ1v) is 6.58. The van der Waals surface area contributed by atoms with Crippen LogP contribution in [0.4, 0.5) is 0 Å². The van der Waals surface area contributed by atoms with E-state index in [0.717, 1.165) is 0 Å². The van der Waals surface area contributed by atoms with Crippen molar-refractivity contribution in [3.05, 3.63) is 30.3 Å². The summed E-state index contributed by atoms with van der Waals surface area (Å²) in [6.45, 7) is 4.63. The molecule has 1 unspecified atom stereocenters. The molecule has 0 aliphatic heterocycles. The van der Waals surface area contributed by atoms with Gasteiger partial charge in [-0.2, -0.15) is 0 Å².